The van der Waals surface area contributed by atoms with Crippen molar-refractivity contribution in [1.29, 1.82) is 0 Å². The molecule has 0 spiro atoms. The summed E-state index contributed by atoms with van der Waals surface area (Å²) in [5.74, 6) is -2.95. The van der Waals surface area contributed by atoms with Crippen LogP contribution in [-0.2, 0) is 25.6 Å². The lowest BCUT2D eigenvalue weighted by molar-refractivity contribution is -0.145. The Morgan fingerprint density at radius 3 is 2.35 bits per heavy atom. The highest BCUT2D eigenvalue weighted by molar-refractivity contribution is 5.95. The molecule has 0 radical (unpaired) electrons. The molecule has 0 bridgehead atoms. The number of fused-ring (bicyclic) bond motifs is 1. The van der Waals surface area contributed by atoms with E-state index in [4.69, 9.17) is 0 Å². The van der Waals surface area contributed by atoms with Crippen LogP contribution in [0.1, 0.15) is 45.6 Å². The second kappa shape index (κ2) is 12.7. The highest BCUT2D eigenvalue weighted by Crippen LogP contribution is 2.20. The van der Waals surface area contributed by atoms with Crippen LogP contribution in [0.3, 0.4) is 0 Å². The van der Waals surface area contributed by atoms with E-state index >= 15 is 0 Å². The van der Waals surface area contributed by atoms with Gasteiger partial charge in [-0.15, -0.1) is 0 Å². The van der Waals surface area contributed by atoms with Gasteiger partial charge in [-0.2, -0.15) is 0 Å². The maximum absolute atomic E-state index is 13.5. The fraction of sp³-hybridized carbons (Fsp3) is 0.538. The minimum atomic E-state index is -1.52. The van der Waals surface area contributed by atoms with Crippen LogP contribution in [0.15, 0.2) is 30.5 Å². The Morgan fingerprint density at radius 1 is 1.03 bits per heavy atom. The van der Waals surface area contributed by atoms with Gasteiger partial charge in [0.1, 0.15) is 12.1 Å². The smallest absolute Gasteiger partial charge is 0.328 e. The van der Waals surface area contributed by atoms with E-state index in [1.807, 2.05) is 38.1 Å². The van der Waals surface area contributed by atoms with Crippen molar-refractivity contribution in [1.82, 2.24) is 26.3 Å². The van der Waals surface area contributed by atoms with E-state index in [9.17, 15) is 29.4 Å². The molecule has 11 heteroatoms. The molecule has 1 aromatic heterocycles. The number of carbonyl (C=O) groups excluding carboxylic acids is 3. The monoisotopic (exact) mass is 515 g/mol. The van der Waals surface area contributed by atoms with E-state index in [2.05, 4.69) is 26.3 Å². The summed E-state index contributed by atoms with van der Waals surface area (Å²) in [6.07, 6.45) is 2.43. The molecule has 1 aromatic carbocycles. The molecule has 5 unspecified atom stereocenters. The average molecular weight is 516 g/mol. The minimum absolute atomic E-state index is 0.00442. The highest BCUT2D eigenvalue weighted by Gasteiger charge is 2.33. The molecule has 1 aliphatic rings. The molecule has 11 nitrogen and oxygen atoms in total. The third-order valence-corrected chi connectivity index (χ3v) is 6.50. The number of hydrogen-bond acceptors (Lipinski definition) is 6. The van der Waals surface area contributed by atoms with Gasteiger partial charge in [0.15, 0.2) is 6.04 Å². The number of amides is 3. The van der Waals surface area contributed by atoms with Gasteiger partial charge in [-0.25, -0.2) is 4.79 Å². The Bertz CT molecular complexity index is 1110. The van der Waals surface area contributed by atoms with Gasteiger partial charge in [-0.1, -0.05) is 32.0 Å². The number of carboxylic acids is 1. The molecular weight excluding hydrogens is 478 g/mol. The van der Waals surface area contributed by atoms with Crippen LogP contribution in [0.4, 0.5) is 0 Å². The molecule has 1 fully saturated rings. The SMILES string of the molecule is CC(C)CC(NC(=O)C(Cc1c[nH]c2ccccc12)NC(=O)C1CCCN1)C(=O)NC(C(=O)O)C(C)O. The second-order valence-electron chi connectivity index (χ2n) is 10.0. The number of aromatic amines is 1. The van der Waals surface area contributed by atoms with Crippen molar-refractivity contribution in [3.63, 3.8) is 0 Å². The first-order chi connectivity index (χ1) is 17.6. The summed E-state index contributed by atoms with van der Waals surface area (Å²) in [6.45, 7) is 5.72. The summed E-state index contributed by atoms with van der Waals surface area (Å²) >= 11 is 0. The van der Waals surface area contributed by atoms with Gasteiger partial charge in [0.2, 0.25) is 17.7 Å². The third kappa shape index (κ3) is 7.53. The van der Waals surface area contributed by atoms with Gasteiger partial charge in [0, 0.05) is 23.5 Å². The Balaban J connectivity index is 1.82. The van der Waals surface area contributed by atoms with Gasteiger partial charge in [-0.3, -0.25) is 14.4 Å². The first-order valence-corrected chi connectivity index (χ1v) is 12.7. The lowest BCUT2D eigenvalue weighted by Crippen LogP contribution is -2.58. The number of carbonyl (C=O) groups is 4. The molecule has 7 N–H and O–H groups in total. The number of carboxylic acid groups (broad SMARTS) is 1. The van der Waals surface area contributed by atoms with E-state index in [0.29, 0.717) is 6.42 Å². The van der Waals surface area contributed by atoms with Crippen LogP contribution in [-0.4, -0.2) is 75.7 Å². The highest BCUT2D eigenvalue weighted by atomic mass is 16.4. The minimum Gasteiger partial charge on any atom is -0.480 e. The number of rotatable bonds is 12. The fourth-order valence-electron chi connectivity index (χ4n) is 4.53. The summed E-state index contributed by atoms with van der Waals surface area (Å²) in [5, 5.41) is 31.0. The number of benzene rings is 1. The number of aliphatic carboxylic acids is 1. The summed E-state index contributed by atoms with van der Waals surface area (Å²) in [7, 11) is 0. The average Bonchev–Trinajstić information content (AvgIpc) is 3.51. The van der Waals surface area contributed by atoms with Crippen LogP contribution < -0.4 is 21.3 Å². The van der Waals surface area contributed by atoms with Crippen molar-refractivity contribution in [3.05, 3.63) is 36.0 Å². The molecule has 0 aliphatic carbocycles. The predicted molar refractivity (Wildman–Crippen MR) is 138 cm³/mol. The summed E-state index contributed by atoms with van der Waals surface area (Å²) in [5.41, 5.74) is 1.73. The number of nitrogens with one attached hydrogen (secondary N) is 5. The molecule has 0 saturated carbocycles. The maximum atomic E-state index is 13.5. The second-order valence-corrected chi connectivity index (χ2v) is 10.0. The standard InChI is InChI=1S/C26H37N5O6/c1-14(2)11-20(25(35)31-22(15(3)32)26(36)37)29-24(34)21(30-23(33)19-9-6-10-27-19)12-16-13-28-18-8-5-4-7-17(16)18/h4-5,7-8,13-15,19-22,27-28,32H,6,9-12H2,1-3H3,(H,29,34)(H,30,33)(H,31,35)(H,36,37). The molecule has 2 heterocycles. The zero-order valence-corrected chi connectivity index (χ0v) is 21.4. The maximum Gasteiger partial charge on any atom is 0.328 e. The van der Waals surface area contributed by atoms with Crippen LogP contribution in [0.5, 0.6) is 0 Å². The molecule has 3 rings (SSSR count). The van der Waals surface area contributed by atoms with Crippen LogP contribution >= 0.6 is 0 Å². The Morgan fingerprint density at radius 2 is 1.73 bits per heavy atom. The molecule has 202 valence electrons. The van der Waals surface area contributed by atoms with Gasteiger partial charge < -0.3 is 36.5 Å². The number of para-hydroxylation sites is 1. The number of hydrogen-bond donors (Lipinski definition) is 7. The quantitative estimate of drug-likeness (QED) is 0.215. The number of aliphatic hydroxyl groups is 1. The molecular formula is C26H37N5O6. The fourth-order valence-corrected chi connectivity index (χ4v) is 4.53. The topological polar surface area (TPSA) is 173 Å². The largest absolute Gasteiger partial charge is 0.480 e. The van der Waals surface area contributed by atoms with E-state index in [1.165, 1.54) is 6.92 Å². The first-order valence-electron chi connectivity index (χ1n) is 12.7. The summed E-state index contributed by atoms with van der Waals surface area (Å²) in [6, 6.07) is 3.69. The van der Waals surface area contributed by atoms with E-state index in [-0.39, 0.29) is 24.7 Å². The normalized spacial score (nSPS) is 18.7. The number of H-pyrrole nitrogens is 1. The van der Waals surface area contributed by atoms with E-state index in [1.54, 1.807) is 6.20 Å². The zero-order valence-electron chi connectivity index (χ0n) is 21.4. The van der Waals surface area contributed by atoms with Gasteiger partial charge in [-0.05, 0) is 50.3 Å². The molecule has 37 heavy (non-hydrogen) atoms. The summed E-state index contributed by atoms with van der Waals surface area (Å²) in [4.78, 5) is 54.0. The van der Waals surface area contributed by atoms with Crippen LogP contribution in [0.2, 0.25) is 0 Å². The van der Waals surface area contributed by atoms with Crippen molar-refractivity contribution in [3.8, 4) is 0 Å². The predicted octanol–water partition coefficient (Wildman–Crippen LogP) is 0.428. The zero-order chi connectivity index (χ0) is 27.1. The van der Waals surface area contributed by atoms with Crippen molar-refractivity contribution in [2.45, 2.75) is 76.7 Å². The Labute approximate surface area is 215 Å². The van der Waals surface area contributed by atoms with Crippen molar-refractivity contribution < 1.29 is 29.4 Å². The van der Waals surface area contributed by atoms with Crippen LogP contribution in [0.25, 0.3) is 10.9 Å². The van der Waals surface area contributed by atoms with Gasteiger partial charge in [0.25, 0.3) is 0 Å². The van der Waals surface area contributed by atoms with Gasteiger partial charge in [0.05, 0.1) is 12.1 Å². The van der Waals surface area contributed by atoms with Crippen molar-refractivity contribution in [2.75, 3.05) is 6.54 Å². The van der Waals surface area contributed by atoms with E-state index in [0.717, 1.165) is 29.4 Å². The van der Waals surface area contributed by atoms with Crippen molar-refractivity contribution >= 4 is 34.6 Å². The number of aliphatic hydroxyl groups excluding tert-OH is 1. The first kappa shape index (κ1) is 28.1. The number of aromatic nitrogens is 1. The molecule has 1 aliphatic heterocycles. The summed E-state index contributed by atoms with van der Waals surface area (Å²) < 4.78 is 0. The lowest BCUT2D eigenvalue weighted by atomic mass is 10.00. The molecule has 1 saturated heterocycles. The molecule has 3 amide bonds. The van der Waals surface area contributed by atoms with Crippen molar-refractivity contribution in [2.24, 2.45) is 5.92 Å². The van der Waals surface area contributed by atoms with E-state index < -0.39 is 48.1 Å². The van der Waals surface area contributed by atoms with Gasteiger partial charge >= 0.3 is 5.97 Å². The Hall–Kier alpha value is -3.44. The third-order valence-electron chi connectivity index (χ3n) is 6.50. The Kier molecular flexibility index (Phi) is 9.65. The molecule has 5 atom stereocenters. The lowest BCUT2D eigenvalue weighted by Gasteiger charge is -2.26. The molecule has 2 aromatic rings. The van der Waals surface area contributed by atoms with Crippen LogP contribution in [0, 0.1) is 5.92 Å².